The van der Waals surface area contributed by atoms with E-state index in [9.17, 15) is 4.39 Å². The van der Waals surface area contributed by atoms with Crippen molar-refractivity contribution >= 4 is 11.6 Å². The van der Waals surface area contributed by atoms with E-state index in [1.54, 1.807) is 12.1 Å². The summed E-state index contributed by atoms with van der Waals surface area (Å²) >= 11 is 5.84. The predicted molar refractivity (Wildman–Crippen MR) is 62.0 cm³/mol. The van der Waals surface area contributed by atoms with Gasteiger partial charge in [0.05, 0.1) is 6.61 Å². The lowest BCUT2D eigenvalue weighted by Gasteiger charge is -2.28. The highest BCUT2D eigenvalue weighted by molar-refractivity contribution is 6.30. The van der Waals surface area contributed by atoms with Gasteiger partial charge in [0.2, 0.25) is 0 Å². The van der Waals surface area contributed by atoms with Crippen molar-refractivity contribution in [2.24, 2.45) is 11.7 Å². The molecule has 1 aromatic carbocycles. The molecule has 0 spiro atoms. The lowest BCUT2D eigenvalue weighted by molar-refractivity contribution is 0.0419. The molecule has 0 radical (unpaired) electrons. The normalized spacial score (nSPS) is 25.7. The number of benzene rings is 1. The highest BCUT2D eigenvalue weighted by Gasteiger charge is 2.23. The van der Waals surface area contributed by atoms with Crippen LogP contribution < -0.4 is 5.73 Å². The summed E-state index contributed by atoms with van der Waals surface area (Å²) < 4.78 is 18.9. The predicted octanol–water partition coefficient (Wildman–Crippen LogP) is 2.39. The molecular weight excluding hydrogens is 229 g/mol. The van der Waals surface area contributed by atoms with Crippen LogP contribution in [-0.2, 0) is 11.2 Å². The van der Waals surface area contributed by atoms with Gasteiger partial charge in [-0.2, -0.15) is 0 Å². The molecular formula is C12H15ClFNO. The van der Waals surface area contributed by atoms with Gasteiger partial charge in [0.1, 0.15) is 5.82 Å². The van der Waals surface area contributed by atoms with Gasteiger partial charge in [0.25, 0.3) is 0 Å². The maximum absolute atomic E-state index is 13.5. The van der Waals surface area contributed by atoms with Crippen LogP contribution in [0.15, 0.2) is 18.2 Å². The van der Waals surface area contributed by atoms with Crippen LogP contribution in [0.5, 0.6) is 0 Å². The highest BCUT2D eigenvalue weighted by atomic mass is 35.5. The minimum atomic E-state index is -0.220. The molecule has 0 aromatic heterocycles. The van der Waals surface area contributed by atoms with E-state index in [1.165, 1.54) is 6.07 Å². The Labute approximate surface area is 99.5 Å². The summed E-state index contributed by atoms with van der Waals surface area (Å²) in [5.74, 6) is -0.0381. The van der Waals surface area contributed by atoms with Crippen LogP contribution in [0.3, 0.4) is 0 Å². The van der Waals surface area contributed by atoms with E-state index in [2.05, 4.69) is 0 Å². The molecule has 16 heavy (non-hydrogen) atoms. The lowest BCUT2D eigenvalue weighted by Crippen LogP contribution is -2.39. The largest absolute Gasteiger partial charge is 0.381 e. The highest BCUT2D eigenvalue weighted by Crippen LogP contribution is 2.22. The van der Waals surface area contributed by atoms with Crippen molar-refractivity contribution < 1.29 is 9.13 Å². The molecule has 1 aliphatic rings. The Morgan fingerprint density at radius 3 is 3.06 bits per heavy atom. The van der Waals surface area contributed by atoms with Gasteiger partial charge < -0.3 is 10.5 Å². The summed E-state index contributed by atoms with van der Waals surface area (Å²) in [4.78, 5) is 0. The first kappa shape index (κ1) is 11.8. The number of halogens is 2. The Hall–Kier alpha value is -0.640. The summed E-state index contributed by atoms with van der Waals surface area (Å²) in [5, 5.41) is 0.557. The van der Waals surface area contributed by atoms with E-state index in [4.69, 9.17) is 22.1 Å². The number of hydrogen-bond donors (Lipinski definition) is 1. The maximum atomic E-state index is 13.5. The topological polar surface area (TPSA) is 35.2 Å². The van der Waals surface area contributed by atoms with E-state index in [1.807, 2.05) is 0 Å². The van der Waals surface area contributed by atoms with Crippen LogP contribution in [0.1, 0.15) is 12.0 Å². The fraction of sp³-hybridized carbons (Fsp3) is 0.500. The van der Waals surface area contributed by atoms with Gasteiger partial charge in [-0.3, -0.25) is 0 Å². The van der Waals surface area contributed by atoms with Crippen LogP contribution in [0.2, 0.25) is 5.02 Å². The Kier molecular flexibility index (Phi) is 3.79. The minimum absolute atomic E-state index is 0.0899. The van der Waals surface area contributed by atoms with Gasteiger partial charge in [-0.05, 0) is 36.6 Å². The van der Waals surface area contributed by atoms with Gasteiger partial charge in [0.15, 0.2) is 0 Å². The summed E-state index contributed by atoms with van der Waals surface area (Å²) in [5.41, 5.74) is 6.60. The van der Waals surface area contributed by atoms with Crippen molar-refractivity contribution in [2.45, 2.75) is 18.9 Å². The molecule has 2 nitrogen and oxygen atoms in total. The fourth-order valence-electron chi connectivity index (χ4n) is 2.01. The second-order valence-corrected chi connectivity index (χ2v) is 4.66. The standard InChI is InChI=1S/C12H15ClFNO/c13-10-1-2-11(14)8(6-10)5-9-7-16-4-3-12(9)15/h1-2,6,9,12H,3-5,7,15H2. The number of nitrogens with two attached hydrogens (primary N) is 1. The molecule has 2 rings (SSSR count). The van der Waals surface area contributed by atoms with Gasteiger partial charge in [0, 0.05) is 23.6 Å². The van der Waals surface area contributed by atoms with Crippen molar-refractivity contribution in [1.82, 2.24) is 0 Å². The zero-order chi connectivity index (χ0) is 11.5. The summed E-state index contributed by atoms with van der Waals surface area (Å²) in [7, 11) is 0. The molecule has 2 unspecified atom stereocenters. The zero-order valence-electron chi connectivity index (χ0n) is 8.96. The van der Waals surface area contributed by atoms with E-state index in [0.29, 0.717) is 30.2 Å². The maximum Gasteiger partial charge on any atom is 0.126 e. The molecule has 1 fully saturated rings. The second-order valence-electron chi connectivity index (χ2n) is 4.23. The van der Waals surface area contributed by atoms with E-state index in [-0.39, 0.29) is 17.8 Å². The van der Waals surface area contributed by atoms with Gasteiger partial charge in [-0.15, -0.1) is 0 Å². The van der Waals surface area contributed by atoms with Crippen molar-refractivity contribution in [2.75, 3.05) is 13.2 Å². The van der Waals surface area contributed by atoms with E-state index < -0.39 is 0 Å². The molecule has 1 aliphatic heterocycles. The molecule has 0 aliphatic carbocycles. The molecule has 4 heteroatoms. The molecule has 0 amide bonds. The number of rotatable bonds is 2. The molecule has 1 aromatic rings. The van der Waals surface area contributed by atoms with Gasteiger partial charge in [-0.25, -0.2) is 4.39 Å². The average Bonchev–Trinajstić information content (AvgIpc) is 2.27. The molecule has 2 atom stereocenters. The van der Waals surface area contributed by atoms with Crippen molar-refractivity contribution in [1.29, 1.82) is 0 Å². The smallest absolute Gasteiger partial charge is 0.126 e. The molecule has 1 heterocycles. The van der Waals surface area contributed by atoms with Gasteiger partial charge >= 0.3 is 0 Å². The SMILES string of the molecule is NC1CCOCC1Cc1cc(Cl)ccc1F. The van der Waals surface area contributed by atoms with Crippen LogP contribution >= 0.6 is 11.6 Å². The molecule has 0 bridgehead atoms. The van der Waals surface area contributed by atoms with Crippen molar-refractivity contribution in [3.63, 3.8) is 0 Å². The average molecular weight is 244 g/mol. The Bertz CT molecular complexity index is 372. The zero-order valence-corrected chi connectivity index (χ0v) is 9.71. The van der Waals surface area contributed by atoms with Gasteiger partial charge in [-0.1, -0.05) is 11.6 Å². The van der Waals surface area contributed by atoms with Crippen LogP contribution in [-0.4, -0.2) is 19.3 Å². The summed E-state index contributed by atoms with van der Waals surface area (Å²) in [6.45, 7) is 1.31. The van der Waals surface area contributed by atoms with E-state index >= 15 is 0 Å². The van der Waals surface area contributed by atoms with Crippen LogP contribution in [0, 0.1) is 11.7 Å². The lowest BCUT2D eigenvalue weighted by atomic mass is 9.90. The summed E-state index contributed by atoms with van der Waals surface area (Å²) in [6, 6.07) is 4.70. The Morgan fingerprint density at radius 2 is 2.31 bits per heavy atom. The number of hydrogen-bond acceptors (Lipinski definition) is 2. The Balaban J connectivity index is 2.10. The second kappa shape index (κ2) is 5.13. The minimum Gasteiger partial charge on any atom is -0.381 e. The Morgan fingerprint density at radius 1 is 1.50 bits per heavy atom. The third kappa shape index (κ3) is 2.73. The fourth-order valence-corrected chi connectivity index (χ4v) is 2.20. The third-order valence-corrected chi connectivity index (χ3v) is 3.26. The number of ether oxygens (including phenoxy) is 1. The molecule has 1 saturated heterocycles. The molecule has 0 saturated carbocycles. The molecule has 2 N–H and O–H groups in total. The first-order valence-electron chi connectivity index (χ1n) is 5.44. The summed E-state index contributed by atoms with van der Waals surface area (Å²) in [6.07, 6.45) is 1.43. The monoisotopic (exact) mass is 243 g/mol. The van der Waals surface area contributed by atoms with Crippen LogP contribution in [0.4, 0.5) is 4.39 Å². The first-order valence-corrected chi connectivity index (χ1v) is 5.82. The van der Waals surface area contributed by atoms with Crippen molar-refractivity contribution in [3.05, 3.63) is 34.6 Å². The van der Waals surface area contributed by atoms with Crippen LogP contribution in [0.25, 0.3) is 0 Å². The molecule has 88 valence electrons. The quantitative estimate of drug-likeness (QED) is 0.866. The van der Waals surface area contributed by atoms with E-state index in [0.717, 1.165) is 6.42 Å². The first-order chi connectivity index (χ1) is 7.66. The third-order valence-electron chi connectivity index (χ3n) is 3.02. The van der Waals surface area contributed by atoms with Crippen molar-refractivity contribution in [3.8, 4) is 0 Å².